The van der Waals surface area contributed by atoms with Crippen LogP contribution in [0.4, 0.5) is 13.2 Å². The van der Waals surface area contributed by atoms with Crippen LogP contribution in [0, 0.1) is 6.92 Å². The summed E-state index contributed by atoms with van der Waals surface area (Å²) in [6, 6.07) is 23.3. The van der Waals surface area contributed by atoms with E-state index >= 15 is 0 Å². The smallest absolute Gasteiger partial charge is 0.416 e. The number of nitrogens with zero attached hydrogens (tertiary/aromatic N) is 2. The molecular weight excluding hydrogens is 555 g/mol. The number of carbonyl (C=O) groups is 1. The van der Waals surface area contributed by atoms with Gasteiger partial charge in [-0.3, -0.25) is 4.79 Å². The molecule has 5 rings (SSSR count). The summed E-state index contributed by atoms with van der Waals surface area (Å²) < 4.78 is 44.3. The number of hydrogen-bond acceptors (Lipinski definition) is 5. The summed E-state index contributed by atoms with van der Waals surface area (Å²) in [5, 5.41) is 17.8. The summed E-state index contributed by atoms with van der Waals surface area (Å²) in [5.74, 6) is -0.318. The van der Waals surface area contributed by atoms with Crippen LogP contribution < -0.4 is 5.32 Å². The van der Waals surface area contributed by atoms with Crippen LogP contribution in [0.15, 0.2) is 95.5 Å². The lowest BCUT2D eigenvalue weighted by atomic mass is 9.99. The van der Waals surface area contributed by atoms with Crippen molar-refractivity contribution >= 4 is 17.5 Å². The van der Waals surface area contributed by atoms with Crippen molar-refractivity contribution in [3.8, 4) is 28.0 Å². The molecule has 1 atom stereocenters. The number of amides is 1. The van der Waals surface area contributed by atoms with Crippen LogP contribution in [-0.4, -0.2) is 21.2 Å². The van der Waals surface area contributed by atoms with Gasteiger partial charge in [0.15, 0.2) is 5.82 Å². The number of aromatic nitrogens is 2. The maximum atomic E-state index is 13.4. The number of hydrogen-bond donors (Lipinski definition) is 2. The lowest BCUT2D eigenvalue weighted by Crippen LogP contribution is -2.30. The third-order valence-corrected chi connectivity index (χ3v) is 6.76. The maximum Gasteiger partial charge on any atom is 0.416 e. The third-order valence-electron chi connectivity index (χ3n) is 6.50. The summed E-state index contributed by atoms with van der Waals surface area (Å²) in [4.78, 5) is 17.6. The van der Waals surface area contributed by atoms with E-state index in [-0.39, 0.29) is 17.2 Å². The Morgan fingerprint density at radius 1 is 0.902 bits per heavy atom. The number of aryl methyl sites for hydroxylation is 1. The first kappa shape index (κ1) is 27.9. The van der Waals surface area contributed by atoms with Crippen LogP contribution in [-0.2, 0) is 12.6 Å². The lowest BCUT2D eigenvalue weighted by Gasteiger charge is -2.17. The second-order valence-corrected chi connectivity index (χ2v) is 9.86. The second kappa shape index (κ2) is 11.5. The van der Waals surface area contributed by atoms with Crippen LogP contribution in [0.3, 0.4) is 0 Å². The number of rotatable bonds is 7. The zero-order valence-electron chi connectivity index (χ0n) is 21.6. The highest BCUT2D eigenvalue weighted by Crippen LogP contribution is 2.32. The zero-order chi connectivity index (χ0) is 29.1. The second-order valence-electron chi connectivity index (χ2n) is 9.42. The van der Waals surface area contributed by atoms with Crippen LogP contribution >= 0.6 is 11.6 Å². The van der Waals surface area contributed by atoms with Crippen LogP contribution in [0.25, 0.3) is 22.3 Å². The van der Waals surface area contributed by atoms with Gasteiger partial charge in [0, 0.05) is 11.4 Å². The predicted octanol–water partition coefficient (Wildman–Crippen LogP) is 7.80. The predicted molar refractivity (Wildman–Crippen MR) is 148 cm³/mol. The van der Waals surface area contributed by atoms with Gasteiger partial charge in [0.1, 0.15) is 11.8 Å². The van der Waals surface area contributed by atoms with Crippen molar-refractivity contribution in [3.05, 3.63) is 124 Å². The average Bonchev–Trinajstić information content (AvgIpc) is 3.39. The highest BCUT2D eigenvalue weighted by molar-refractivity contribution is 6.30. The van der Waals surface area contributed by atoms with Gasteiger partial charge in [-0.1, -0.05) is 71.4 Å². The average molecular weight is 578 g/mol. The Morgan fingerprint density at radius 2 is 1.46 bits per heavy atom. The Labute approximate surface area is 238 Å². The quantitative estimate of drug-likeness (QED) is 0.206. The fourth-order valence-corrected chi connectivity index (χ4v) is 4.48. The summed E-state index contributed by atoms with van der Waals surface area (Å²) in [5.41, 5.74) is 2.96. The van der Waals surface area contributed by atoms with Crippen molar-refractivity contribution in [2.45, 2.75) is 25.6 Å². The summed E-state index contributed by atoms with van der Waals surface area (Å²) in [7, 11) is 0. The van der Waals surface area contributed by atoms with Gasteiger partial charge in [-0.2, -0.15) is 18.2 Å². The molecule has 0 aliphatic heterocycles. The topological polar surface area (TPSA) is 88.2 Å². The van der Waals surface area contributed by atoms with Gasteiger partial charge in [0.25, 0.3) is 5.91 Å². The van der Waals surface area contributed by atoms with E-state index in [0.717, 1.165) is 28.8 Å². The Balaban J connectivity index is 1.38. The van der Waals surface area contributed by atoms with Gasteiger partial charge in [-0.05, 0) is 71.1 Å². The molecule has 1 amide bonds. The van der Waals surface area contributed by atoms with E-state index in [1.165, 1.54) is 30.3 Å². The first-order valence-corrected chi connectivity index (χ1v) is 12.9. The molecule has 0 bridgehead atoms. The van der Waals surface area contributed by atoms with E-state index < -0.39 is 23.7 Å². The fraction of sp³-hybridized carbons (Fsp3) is 0.129. The van der Waals surface area contributed by atoms with Gasteiger partial charge < -0.3 is 14.9 Å². The first-order valence-electron chi connectivity index (χ1n) is 12.5. The molecule has 6 nitrogen and oxygen atoms in total. The third kappa shape index (κ3) is 6.58. The number of phenols is 1. The van der Waals surface area contributed by atoms with Gasteiger partial charge in [-0.15, -0.1) is 0 Å². The van der Waals surface area contributed by atoms with Crippen LogP contribution in [0.1, 0.15) is 39.2 Å². The molecule has 0 saturated carbocycles. The van der Waals surface area contributed by atoms with Gasteiger partial charge in [0.2, 0.25) is 5.89 Å². The summed E-state index contributed by atoms with van der Waals surface area (Å²) in [6.45, 7) is 1.66. The molecule has 1 aromatic heterocycles. The Kier molecular flexibility index (Phi) is 7.81. The highest BCUT2D eigenvalue weighted by atomic mass is 35.5. The van der Waals surface area contributed by atoms with Gasteiger partial charge in [0.05, 0.1) is 11.1 Å². The first-order chi connectivity index (χ1) is 19.6. The van der Waals surface area contributed by atoms with Crippen molar-refractivity contribution in [3.63, 3.8) is 0 Å². The molecule has 0 aliphatic rings. The van der Waals surface area contributed by atoms with Gasteiger partial charge in [-0.25, -0.2) is 0 Å². The molecule has 0 fully saturated rings. The van der Waals surface area contributed by atoms with Crippen molar-refractivity contribution < 1.29 is 27.6 Å². The van der Waals surface area contributed by atoms with Crippen molar-refractivity contribution in [2.75, 3.05) is 0 Å². The van der Waals surface area contributed by atoms with Crippen LogP contribution in [0.5, 0.6) is 5.75 Å². The van der Waals surface area contributed by atoms with E-state index in [4.69, 9.17) is 16.1 Å². The highest BCUT2D eigenvalue weighted by Gasteiger charge is 2.30. The van der Waals surface area contributed by atoms with Crippen molar-refractivity contribution in [1.29, 1.82) is 0 Å². The largest absolute Gasteiger partial charge is 0.507 e. The fourth-order valence-electron chi connectivity index (χ4n) is 4.35. The number of carbonyl (C=O) groups excluding carboxylic acids is 1. The molecule has 10 heteroatoms. The van der Waals surface area contributed by atoms with Crippen molar-refractivity contribution in [1.82, 2.24) is 15.5 Å². The number of aromatic hydroxyl groups is 1. The molecule has 5 aromatic rings. The minimum Gasteiger partial charge on any atom is -0.507 e. The lowest BCUT2D eigenvalue weighted by molar-refractivity contribution is -0.137. The normalized spacial score (nSPS) is 12.2. The van der Waals surface area contributed by atoms with Crippen LogP contribution in [0.2, 0.25) is 5.02 Å². The van der Waals surface area contributed by atoms with Crippen molar-refractivity contribution in [2.24, 2.45) is 0 Å². The Hall–Kier alpha value is -4.63. The van der Waals surface area contributed by atoms with E-state index in [9.17, 15) is 23.1 Å². The molecule has 0 radical (unpaired) electrons. The molecule has 0 aliphatic carbocycles. The standard InChI is InChI=1S/C31H23ClF3N3O3/c1-18-36-30(41-38-18)27(16-19-2-4-20(5-3-19)21-8-13-25(32)14-9-21)37-29(40)26-17-23(10-15-28(26)39)22-6-11-24(12-7-22)31(33,34)35/h2-15,17,27,39H,16H2,1H3,(H,37,40)/t27-/m1/s1. The number of benzene rings is 4. The molecule has 2 N–H and O–H groups in total. The molecule has 0 spiro atoms. The Morgan fingerprint density at radius 3 is 2.05 bits per heavy atom. The molecule has 1 heterocycles. The molecule has 4 aromatic carbocycles. The number of nitrogens with one attached hydrogen (secondary N) is 1. The monoisotopic (exact) mass is 577 g/mol. The van der Waals surface area contributed by atoms with E-state index in [0.29, 0.717) is 28.4 Å². The molecule has 0 unspecified atom stereocenters. The SMILES string of the molecule is Cc1noc([C@@H](Cc2ccc(-c3ccc(Cl)cc3)cc2)NC(=O)c2cc(-c3ccc(C(F)(F)F)cc3)ccc2O)n1. The maximum absolute atomic E-state index is 13.4. The zero-order valence-corrected chi connectivity index (χ0v) is 22.4. The van der Waals surface area contributed by atoms with Gasteiger partial charge >= 0.3 is 6.18 Å². The minimum atomic E-state index is -4.46. The number of phenolic OH excluding ortho intramolecular Hbond substituents is 1. The Bertz CT molecular complexity index is 1670. The molecule has 0 saturated heterocycles. The summed E-state index contributed by atoms with van der Waals surface area (Å²) >= 11 is 5.99. The molecule has 208 valence electrons. The van der Waals surface area contributed by atoms with E-state index in [1.807, 2.05) is 48.5 Å². The molecular formula is C31H23ClF3N3O3. The number of alkyl halides is 3. The number of halogens is 4. The van der Waals surface area contributed by atoms with E-state index in [2.05, 4.69) is 15.5 Å². The summed E-state index contributed by atoms with van der Waals surface area (Å²) in [6.07, 6.45) is -4.15. The molecule has 41 heavy (non-hydrogen) atoms. The van der Waals surface area contributed by atoms with E-state index in [1.54, 1.807) is 6.92 Å². The minimum absolute atomic E-state index is 0.0540.